The minimum Gasteiger partial charge on any atom is -0.359 e. The van der Waals surface area contributed by atoms with E-state index < -0.39 is 0 Å². The number of thioether (sulfide) groups is 1. The highest BCUT2D eigenvalue weighted by molar-refractivity contribution is 8.14. The number of nitrogens with one attached hydrogen (secondary N) is 1. The molecule has 1 aromatic heterocycles. The topological polar surface area (TPSA) is 24.4 Å². The Bertz CT molecular complexity index is 392. The zero-order valence-electron chi connectivity index (χ0n) is 9.95. The van der Waals surface area contributed by atoms with E-state index in [0.29, 0.717) is 5.54 Å². The molecule has 0 aromatic carbocycles. The lowest BCUT2D eigenvalue weighted by atomic mass is 10.0. The Kier molecular flexibility index (Phi) is 3.43. The molecule has 1 saturated carbocycles. The first-order chi connectivity index (χ1) is 8.36. The van der Waals surface area contributed by atoms with Crippen molar-refractivity contribution in [2.45, 2.75) is 37.6 Å². The number of nitrogens with zero attached hydrogens (tertiary/aromatic N) is 1. The highest BCUT2D eigenvalue weighted by Crippen LogP contribution is 2.37. The largest absolute Gasteiger partial charge is 0.359 e. The quantitative estimate of drug-likeness (QED) is 0.908. The first kappa shape index (κ1) is 11.6. The number of aliphatic imine (C=N–C) groups is 1. The fraction of sp³-hybridized carbons (Fsp3) is 0.615. The lowest BCUT2D eigenvalue weighted by Gasteiger charge is -2.21. The smallest absolute Gasteiger partial charge is 0.157 e. The molecule has 2 nitrogen and oxygen atoms in total. The zero-order valence-corrected chi connectivity index (χ0v) is 11.6. The van der Waals surface area contributed by atoms with E-state index in [1.165, 1.54) is 41.5 Å². The summed E-state index contributed by atoms with van der Waals surface area (Å²) in [7, 11) is 0. The van der Waals surface area contributed by atoms with Crippen LogP contribution in [0.2, 0.25) is 0 Å². The predicted octanol–water partition coefficient (Wildman–Crippen LogP) is 3.30. The summed E-state index contributed by atoms with van der Waals surface area (Å²) in [5.41, 5.74) is 0.409. The molecule has 17 heavy (non-hydrogen) atoms. The molecule has 2 fully saturated rings. The summed E-state index contributed by atoms with van der Waals surface area (Å²) in [5.74, 6) is 1.23. The van der Waals surface area contributed by atoms with Gasteiger partial charge < -0.3 is 5.32 Å². The summed E-state index contributed by atoms with van der Waals surface area (Å²) in [6, 6.07) is 4.31. The molecule has 1 aliphatic carbocycles. The maximum Gasteiger partial charge on any atom is 0.157 e. The van der Waals surface area contributed by atoms with Crippen LogP contribution in [0.4, 0.5) is 0 Å². The van der Waals surface area contributed by atoms with Gasteiger partial charge in [-0.1, -0.05) is 30.7 Å². The molecule has 0 atom stereocenters. The second-order valence-corrected chi connectivity index (χ2v) is 6.91. The van der Waals surface area contributed by atoms with Crippen LogP contribution in [-0.4, -0.2) is 23.0 Å². The molecule has 1 N–H and O–H groups in total. The van der Waals surface area contributed by atoms with Crippen molar-refractivity contribution >= 4 is 28.3 Å². The summed E-state index contributed by atoms with van der Waals surface area (Å²) < 4.78 is 0. The molecule has 2 aliphatic rings. The van der Waals surface area contributed by atoms with Gasteiger partial charge >= 0.3 is 0 Å². The Morgan fingerprint density at radius 2 is 2.24 bits per heavy atom. The highest BCUT2D eigenvalue weighted by Gasteiger charge is 2.39. The molecule has 0 unspecified atom stereocenters. The summed E-state index contributed by atoms with van der Waals surface area (Å²) in [6.45, 7) is 0.923. The summed E-state index contributed by atoms with van der Waals surface area (Å²) in [4.78, 5) is 6.13. The van der Waals surface area contributed by atoms with Crippen molar-refractivity contribution in [3.05, 3.63) is 22.4 Å². The van der Waals surface area contributed by atoms with Crippen LogP contribution in [0.5, 0.6) is 0 Å². The second-order valence-electron chi connectivity index (χ2n) is 4.92. The van der Waals surface area contributed by atoms with Crippen LogP contribution in [0.25, 0.3) is 0 Å². The third kappa shape index (κ3) is 2.68. The molecule has 0 radical (unpaired) electrons. The van der Waals surface area contributed by atoms with E-state index in [4.69, 9.17) is 4.99 Å². The maximum atomic E-state index is 4.69. The number of hydrogen-bond donors (Lipinski definition) is 1. The normalized spacial score (nSPS) is 24.6. The van der Waals surface area contributed by atoms with Crippen LogP contribution >= 0.6 is 23.1 Å². The van der Waals surface area contributed by atoms with Gasteiger partial charge in [-0.2, -0.15) is 0 Å². The molecule has 0 amide bonds. The zero-order chi connectivity index (χ0) is 11.6. The monoisotopic (exact) mass is 266 g/mol. The summed E-state index contributed by atoms with van der Waals surface area (Å²) in [6.07, 6.45) is 6.52. The lowest BCUT2D eigenvalue weighted by Crippen LogP contribution is -2.40. The molecule has 1 spiro atoms. The van der Waals surface area contributed by atoms with Gasteiger partial charge in [-0.05, 0) is 24.3 Å². The number of rotatable bonds is 3. The van der Waals surface area contributed by atoms with Crippen molar-refractivity contribution in [3.8, 4) is 0 Å². The molecular weight excluding hydrogens is 248 g/mol. The van der Waals surface area contributed by atoms with E-state index in [-0.39, 0.29) is 0 Å². The van der Waals surface area contributed by atoms with E-state index in [2.05, 4.69) is 22.8 Å². The second kappa shape index (κ2) is 5.02. The SMILES string of the molecule is c1csc(CCN=C2NC3(CCCC3)CS2)c1. The standard InChI is InChI=1S/C13H18N2S2/c1-2-7-13(6-1)10-17-12(15-13)14-8-5-11-4-3-9-16-11/h3-4,9H,1-2,5-8,10H2,(H,14,15). The van der Waals surface area contributed by atoms with Crippen molar-refractivity contribution in [2.24, 2.45) is 4.99 Å². The number of amidine groups is 1. The van der Waals surface area contributed by atoms with Gasteiger partial charge in [0.1, 0.15) is 0 Å². The van der Waals surface area contributed by atoms with E-state index in [9.17, 15) is 0 Å². The van der Waals surface area contributed by atoms with Crippen molar-refractivity contribution in [1.29, 1.82) is 0 Å². The highest BCUT2D eigenvalue weighted by atomic mass is 32.2. The Morgan fingerprint density at radius 3 is 3.00 bits per heavy atom. The molecular formula is C13H18N2S2. The van der Waals surface area contributed by atoms with E-state index >= 15 is 0 Å². The van der Waals surface area contributed by atoms with Gasteiger partial charge in [-0.15, -0.1) is 11.3 Å². The minimum atomic E-state index is 0.409. The average molecular weight is 266 g/mol. The minimum absolute atomic E-state index is 0.409. The molecule has 4 heteroatoms. The van der Waals surface area contributed by atoms with Crippen LogP contribution in [0.3, 0.4) is 0 Å². The summed E-state index contributed by atoms with van der Waals surface area (Å²) >= 11 is 3.75. The predicted molar refractivity (Wildman–Crippen MR) is 77.1 cm³/mol. The van der Waals surface area contributed by atoms with Gasteiger partial charge in [0.2, 0.25) is 0 Å². The first-order valence-electron chi connectivity index (χ1n) is 6.34. The Balaban J connectivity index is 1.52. The van der Waals surface area contributed by atoms with E-state index in [1.807, 2.05) is 23.1 Å². The van der Waals surface area contributed by atoms with Crippen molar-refractivity contribution < 1.29 is 0 Å². The summed E-state index contributed by atoms with van der Waals surface area (Å²) in [5, 5.41) is 6.98. The third-order valence-corrected chi connectivity index (χ3v) is 5.75. The maximum absolute atomic E-state index is 4.69. The lowest BCUT2D eigenvalue weighted by molar-refractivity contribution is 0.452. The number of hydrogen-bond acceptors (Lipinski definition) is 3. The van der Waals surface area contributed by atoms with Gasteiger partial charge in [-0.3, -0.25) is 4.99 Å². The van der Waals surface area contributed by atoms with Gasteiger partial charge in [-0.25, -0.2) is 0 Å². The van der Waals surface area contributed by atoms with Crippen LogP contribution in [0, 0.1) is 0 Å². The van der Waals surface area contributed by atoms with Gasteiger partial charge in [0.15, 0.2) is 5.17 Å². The third-order valence-electron chi connectivity index (χ3n) is 3.61. The Labute approximate surface area is 111 Å². The van der Waals surface area contributed by atoms with Crippen molar-refractivity contribution in [1.82, 2.24) is 5.32 Å². The molecule has 2 heterocycles. The molecule has 1 aromatic rings. The van der Waals surface area contributed by atoms with Gasteiger partial charge in [0.25, 0.3) is 0 Å². The van der Waals surface area contributed by atoms with Crippen molar-refractivity contribution in [3.63, 3.8) is 0 Å². The van der Waals surface area contributed by atoms with E-state index in [0.717, 1.165) is 13.0 Å². The molecule has 3 rings (SSSR count). The van der Waals surface area contributed by atoms with Crippen LogP contribution in [-0.2, 0) is 6.42 Å². The van der Waals surface area contributed by atoms with Gasteiger partial charge in [0, 0.05) is 29.1 Å². The van der Waals surface area contributed by atoms with E-state index in [1.54, 1.807) is 0 Å². The van der Waals surface area contributed by atoms with Gasteiger partial charge in [0.05, 0.1) is 0 Å². The fourth-order valence-electron chi connectivity index (χ4n) is 2.63. The molecule has 0 bridgehead atoms. The molecule has 1 aliphatic heterocycles. The van der Waals surface area contributed by atoms with Crippen LogP contribution < -0.4 is 5.32 Å². The average Bonchev–Trinajstić information content (AvgIpc) is 3.04. The van der Waals surface area contributed by atoms with Crippen LogP contribution in [0.15, 0.2) is 22.5 Å². The molecule has 1 saturated heterocycles. The molecule has 92 valence electrons. The first-order valence-corrected chi connectivity index (χ1v) is 8.21. The van der Waals surface area contributed by atoms with Crippen LogP contribution in [0.1, 0.15) is 30.6 Å². The Morgan fingerprint density at radius 1 is 1.35 bits per heavy atom. The van der Waals surface area contributed by atoms with Crippen molar-refractivity contribution in [2.75, 3.05) is 12.3 Å². The fourth-order valence-corrected chi connectivity index (χ4v) is 4.58. The Hall–Kier alpha value is -0.480. The number of thiophene rings is 1.